The van der Waals surface area contributed by atoms with Crippen LogP contribution in [0.25, 0.3) is 22.3 Å². The first-order chi connectivity index (χ1) is 36.9. The van der Waals surface area contributed by atoms with Crippen LogP contribution in [0.15, 0.2) is 62.7 Å². The standard InChI is InChI=1S/C11H15N5O5.C11H15N5O4.C10H15N3O5.C10H14N2O6/c1-20-7-6(18)4(2-17)21-10(7)16-3-13-5-8(16)14-11(12)15-9(5)19;1-19-8-7(18)5(2-17)20-11(8)16-4-15-6-9(12)13-3-14-10(6)16;1-17-8-7(15)5(4-14)18-9(8)13-3-2-6(11)12-10(13)16;1-17-8-7(15)5(4-13)18-9(8)12-3-2-6(14)11-10(12)16/h3-4,6-7,10,17-18H,2H2,1H3,(H3,12,14,15,19);3-5,7-8,11,17-18H,2H2,1H3,(H2,12,13,14);2-3,5,7-9,14-15H,4H2,1H3,(H2,11,12,16);2-3,5,7-9,13,15H,4H2,1H3,(H,11,14,16)/t4-,6-,7-,10-;5-,7-,8-,11-;2*5-,7-,8-,9-/m1111/s1. The minimum atomic E-state index is -1.05. The summed E-state index contributed by atoms with van der Waals surface area (Å²) in [5.41, 5.74) is 15.6. The van der Waals surface area contributed by atoms with Gasteiger partial charge in [-0.2, -0.15) is 9.97 Å². The van der Waals surface area contributed by atoms with Gasteiger partial charge in [-0.1, -0.05) is 0 Å². The number of aliphatic hydroxyl groups is 8. The number of methoxy groups -OCH3 is 4. The molecule has 16 atom stereocenters. The highest BCUT2D eigenvalue weighted by Crippen LogP contribution is 2.35. The summed E-state index contributed by atoms with van der Waals surface area (Å²) in [6.07, 6.45) is -6.42. The van der Waals surface area contributed by atoms with E-state index in [9.17, 15) is 49.8 Å². The van der Waals surface area contributed by atoms with Gasteiger partial charge in [-0.25, -0.2) is 29.5 Å². The maximum atomic E-state index is 11.8. The molecule has 77 heavy (non-hydrogen) atoms. The molecule has 0 amide bonds. The molecule has 6 aromatic heterocycles. The van der Waals surface area contributed by atoms with Gasteiger partial charge in [0.25, 0.3) is 11.1 Å². The third-order valence-electron chi connectivity index (χ3n) is 12.7. The Morgan fingerprint density at radius 3 is 1.42 bits per heavy atom. The van der Waals surface area contributed by atoms with E-state index in [1.54, 1.807) is 4.57 Å². The Hall–Kier alpha value is -6.78. The summed E-state index contributed by atoms with van der Waals surface area (Å²) in [6, 6.07) is 2.60. The topological polar surface area (TPSA) is 511 Å². The van der Waals surface area contributed by atoms with Crippen LogP contribution in [0.4, 0.5) is 17.6 Å². The van der Waals surface area contributed by atoms with Gasteiger partial charge in [0.2, 0.25) is 5.95 Å². The molecule has 4 saturated heterocycles. The number of aromatic nitrogens is 12. The molecule has 0 spiro atoms. The van der Waals surface area contributed by atoms with Gasteiger partial charge in [0.1, 0.15) is 90.9 Å². The van der Waals surface area contributed by atoms with Gasteiger partial charge in [-0.15, -0.1) is 0 Å². The molecule has 0 aliphatic carbocycles. The predicted octanol–water partition coefficient (Wildman–Crippen LogP) is -7.47. The Kier molecular flexibility index (Phi) is 18.9. The van der Waals surface area contributed by atoms with E-state index in [1.165, 1.54) is 75.0 Å². The number of rotatable bonds is 12. The lowest BCUT2D eigenvalue weighted by Gasteiger charge is -2.20. The molecule has 4 aliphatic rings. The zero-order valence-electron chi connectivity index (χ0n) is 41.3. The number of nitrogens with one attached hydrogen (secondary N) is 2. The van der Waals surface area contributed by atoms with Crippen LogP contribution in [0.3, 0.4) is 0 Å². The molecule has 0 unspecified atom stereocenters. The van der Waals surface area contributed by atoms with Crippen molar-refractivity contribution in [3.8, 4) is 0 Å². The predicted molar refractivity (Wildman–Crippen MR) is 258 cm³/mol. The summed E-state index contributed by atoms with van der Waals surface area (Å²) in [5, 5.41) is 76.3. The number of aliphatic hydroxyl groups excluding tert-OH is 8. The molecular formula is C42H59N15O20. The lowest BCUT2D eigenvalue weighted by molar-refractivity contribution is -0.0625. The molecule has 4 fully saturated rings. The zero-order valence-corrected chi connectivity index (χ0v) is 41.3. The molecule has 10 heterocycles. The molecule has 0 saturated carbocycles. The minimum Gasteiger partial charge on any atom is -0.394 e. The summed E-state index contributed by atoms with van der Waals surface area (Å²) in [5.74, 6) is 0.308. The van der Waals surface area contributed by atoms with Gasteiger partial charge >= 0.3 is 11.4 Å². The number of fused-ring (bicyclic) bond motifs is 2. The Morgan fingerprint density at radius 2 is 0.974 bits per heavy atom. The van der Waals surface area contributed by atoms with Crippen LogP contribution < -0.4 is 39.7 Å². The molecule has 4 aliphatic heterocycles. The van der Waals surface area contributed by atoms with Gasteiger partial charge in [0.15, 0.2) is 47.5 Å². The average Bonchev–Trinajstić information content (AvgIpc) is 4.27. The number of aromatic amines is 2. The molecule has 10 rings (SSSR count). The largest absolute Gasteiger partial charge is 0.394 e. The van der Waals surface area contributed by atoms with E-state index in [4.69, 9.17) is 65.3 Å². The fourth-order valence-electron chi connectivity index (χ4n) is 8.82. The Labute approximate surface area is 431 Å². The van der Waals surface area contributed by atoms with E-state index < -0.39 is 127 Å². The lowest BCUT2D eigenvalue weighted by atomic mass is 10.1. The second-order valence-corrected chi connectivity index (χ2v) is 17.2. The first-order valence-electron chi connectivity index (χ1n) is 23.1. The van der Waals surface area contributed by atoms with Crippen molar-refractivity contribution >= 4 is 39.9 Å². The third kappa shape index (κ3) is 11.7. The quantitative estimate of drug-likeness (QED) is 0.0541. The van der Waals surface area contributed by atoms with Crippen LogP contribution in [0.1, 0.15) is 24.9 Å². The van der Waals surface area contributed by atoms with Crippen LogP contribution in [0.2, 0.25) is 0 Å². The number of hydrogen-bond acceptors (Lipinski definition) is 29. The van der Waals surface area contributed by atoms with E-state index in [0.29, 0.717) is 11.2 Å². The summed E-state index contributed by atoms with van der Waals surface area (Å²) in [4.78, 5) is 74.1. The van der Waals surface area contributed by atoms with Gasteiger partial charge < -0.3 is 95.9 Å². The minimum absolute atomic E-state index is 0.0551. The number of imidazole rings is 2. The Morgan fingerprint density at radius 1 is 0.545 bits per heavy atom. The summed E-state index contributed by atoms with van der Waals surface area (Å²) in [6.45, 7) is -1.42. The third-order valence-corrected chi connectivity index (χ3v) is 12.7. The van der Waals surface area contributed by atoms with Crippen molar-refractivity contribution in [1.82, 2.24) is 58.1 Å². The molecular weight excluding hydrogens is 1030 g/mol. The van der Waals surface area contributed by atoms with Gasteiger partial charge in [-0.3, -0.25) is 37.8 Å². The number of ether oxygens (including phenoxy) is 8. The van der Waals surface area contributed by atoms with E-state index in [2.05, 4.69) is 39.9 Å². The van der Waals surface area contributed by atoms with Crippen molar-refractivity contribution in [2.75, 3.05) is 72.1 Å². The highest BCUT2D eigenvalue weighted by molar-refractivity contribution is 5.81. The Bertz CT molecular complexity index is 3150. The second-order valence-electron chi connectivity index (χ2n) is 17.2. The second kappa shape index (κ2) is 25.1. The number of nitrogens with two attached hydrogens (primary N) is 3. The van der Waals surface area contributed by atoms with E-state index in [0.717, 1.165) is 10.6 Å². The van der Waals surface area contributed by atoms with Crippen LogP contribution in [0, 0.1) is 0 Å². The fraction of sp³-hybridized carbons (Fsp3) is 0.571. The van der Waals surface area contributed by atoms with Crippen molar-refractivity contribution in [3.05, 3.63) is 85.2 Å². The van der Waals surface area contributed by atoms with E-state index in [-0.39, 0.29) is 48.6 Å². The van der Waals surface area contributed by atoms with Gasteiger partial charge in [-0.05, 0) is 6.07 Å². The van der Waals surface area contributed by atoms with E-state index >= 15 is 0 Å². The van der Waals surface area contributed by atoms with Crippen molar-refractivity contribution in [2.45, 2.75) is 98.2 Å². The average molecular weight is 1090 g/mol. The molecule has 35 heteroatoms. The molecule has 0 aromatic carbocycles. The first-order valence-corrected chi connectivity index (χ1v) is 23.1. The smallest absolute Gasteiger partial charge is 0.351 e. The van der Waals surface area contributed by atoms with Gasteiger partial charge in [0, 0.05) is 46.9 Å². The molecule has 0 bridgehead atoms. The number of nitrogens with zero attached hydrogens (tertiary/aromatic N) is 10. The molecule has 0 radical (unpaired) electrons. The number of nitrogen functional groups attached to an aromatic ring is 3. The van der Waals surface area contributed by atoms with Crippen LogP contribution in [-0.2, 0) is 37.9 Å². The van der Waals surface area contributed by atoms with Crippen molar-refractivity contribution in [3.63, 3.8) is 0 Å². The van der Waals surface area contributed by atoms with E-state index in [1.807, 2.05) is 0 Å². The summed E-state index contributed by atoms with van der Waals surface area (Å²) < 4.78 is 47.9. The fourth-order valence-corrected chi connectivity index (χ4v) is 8.82. The maximum absolute atomic E-state index is 11.8. The number of hydrogen-bond donors (Lipinski definition) is 13. The SMILES string of the molecule is CO[C@@H]1[C@H](O)[C@@H](CO)O[C@H]1n1ccc(=O)[nH]c1=O.CO[C@@H]1[C@H](O)[C@@H](CO)O[C@H]1n1ccc(N)nc1=O.CO[C@@H]1[C@H](O)[C@@H](CO)O[C@H]1n1cnc2c(=O)[nH]c(N)nc21.CO[C@@H]1[C@H](O)[C@@H](CO)O[C@H]1n1cnc2c(N)ncnc21. The molecule has 16 N–H and O–H groups in total. The highest BCUT2D eigenvalue weighted by atomic mass is 16.6. The first kappa shape index (κ1) is 57.9. The number of anilines is 3. The molecule has 35 nitrogen and oxygen atoms in total. The summed E-state index contributed by atoms with van der Waals surface area (Å²) >= 11 is 0. The van der Waals surface area contributed by atoms with Crippen LogP contribution in [-0.4, -0.2) is 227 Å². The maximum Gasteiger partial charge on any atom is 0.351 e. The van der Waals surface area contributed by atoms with Crippen LogP contribution in [0.5, 0.6) is 0 Å². The monoisotopic (exact) mass is 1090 g/mol. The highest BCUT2D eigenvalue weighted by Gasteiger charge is 2.48. The van der Waals surface area contributed by atoms with Gasteiger partial charge in [0.05, 0.1) is 39.1 Å². The zero-order chi connectivity index (χ0) is 56.0. The number of H-pyrrole nitrogens is 2. The van der Waals surface area contributed by atoms with Crippen LogP contribution >= 0.6 is 0 Å². The molecule has 422 valence electrons. The molecule has 6 aromatic rings. The Balaban J connectivity index is 0.000000149. The normalized spacial score (nSPS) is 30.6. The lowest BCUT2D eigenvalue weighted by Crippen LogP contribution is -2.38. The van der Waals surface area contributed by atoms with Crippen molar-refractivity contribution < 1.29 is 78.7 Å². The van der Waals surface area contributed by atoms with Crippen molar-refractivity contribution in [2.24, 2.45) is 0 Å². The summed E-state index contributed by atoms with van der Waals surface area (Å²) in [7, 11) is 5.63. The van der Waals surface area contributed by atoms with Crippen molar-refractivity contribution in [1.29, 1.82) is 0 Å².